The molecule has 0 aliphatic heterocycles. The van der Waals surface area contributed by atoms with Crippen molar-refractivity contribution in [2.75, 3.05) is 13.7 Å². The van der Waals surface area contributed by atoms with Crippen LogP contribution in [0.2, 0.25) is 0 Å². The van der Waals surface area contributed by atoms with Gasteiger partial charge in [0.15, 0.2) is 0 Å². The van der Waals surface area contributed by atoms with Crippen molar-refractivity contribution >= 4 is 21.6 Å². The highest BCUT2D eigenvalue weighted by atomic mass is 32.1. The summed E-state index contributed by atoms with van der Waals surface area (Å²) in [5.74, 6) is 0.850. The van der Waals surface area contributed by atoms with Gasteiger partial charge in [-0.3, -0.25) is 9.36 Å². The normalized spacial score (nSPS) is 11.2. The van der Waals surface area contributed by atoms with Crippen LogP contribution >= 0.6 is 11.3 Å². The van der Waals surface area contributed by atoms with Gasteiger partial charge in [0.25, 0.3) is 5.56 Å². The zero-order valence-corrected chi connectivity index (χ0v) is 14.2. The van der Waals surface area contributed by atoms with Crippen LogP contribution in [-0.2, 0) is 17.7 Å². The van der Waals surface area contributed by atoms with Crippen LogP contribution in [-0.4, -0.2) is 23.3 Å². The average molecular weight is 328 g/mol. The molecule has 0 saturated heterocycles. The first-order valence-electron chi connectivity index (χ1n) is 7.82. The lowest BCUT2D eigenvalue weighted by atomic mass is 10.2. The van der Waals surface area contributed by atoms with Gasteiger partial charge < -0.3 is 4.74 Å². The Kier molecular flexibility index (Phi) is 4.88. The second kappa shape index (κ2) is 7.06. The topological polar surface area (TPSA) is 44.1 Å². The van der Waals surface area contributed by atoms with Gasteiger partial charge in [-0.25, -0.2) is 4.98 Å². The van der Waals surface area contributed by atoms with Gasteiger partial charge in [-0.15, -0.1) is 11.3 Å². The maximum absolute atomic E-state index is 12.8. The van der Waals surface area contributed by atoms with E-state index in [1.54, 1.807) is 23.0 Å². The quantitative estimate of drug-likeness (QED) is 0.692. The first-order valence-corrected chi connectivity index (χ1v) is 8.64. The van der Waals surface area contributed by atoms with Gasteiger partial charge in [0.05, 0.1) is 18.5 Å². The maximum atomic E-state index is 12.8. The van der Waals surface area contributed by atoms with Crippen LogP contribution in [0.15, 0.2) is 41.2 Å². The molecule has 1 aromatic carbocycles. The van der Waals surface area contributed by atoms with Gasteiger partial charge in [-0.2, -0.15) is 0 Å². The highest BCUT2D eigenvalue weighted by Crippen LogP contribution is 2.31. The summed E-state index contributed by atoms with van der Waals surface area (Å²) >= 11 is 1.58. The number of fused-ring (bicyclic) bond motifs is 1. The molecule has 3 rings (SSSR count). The van der Waals surface area contributed by atoms with E-state index in [0.29, 0.717) is 18.5 Å². The van der Waals surface area contributed by atoms with Crippen LogP contribution in [0.4, 0.5) is 0 Å². The van der Waals surface area contributed by atoms with Gasteiger partial charge >= 0.3 is 0 Å². The molecule has 0 bridgehead atoms. The minimum atomic E-state index is 0.0360. The molecule has 0 aliphatic rings. The van der Waals surface area contributed by atoms with Crippen molar-refractivity contribution < 1.29 is 4.74 Å². The van der Waals surface area contributed by atoms with E-state index in [4.69, 9.17) is 9.72 Å². The third-order valence-corrected chi connectivity index (χ3v) is 4.86. The van der Waals surface area contributed by atoms with E-state index in [1.807, 2.05) is 24.3 Å². The molecule has 2 aromatic heterocycles. The van der Waals surface area contributed by atoms with E-state index in [-0.39, 0.29) is 5.56 Å². The van der Waals surface area contributed by atoms with E-state index in [2.05, 4.69) is 19.1 Å². The van der Waals surface area contributed by atoms with Crippen LogP contribution < -0.4 is 5.56 Å². The minimum Gasteiger partial charge on any atom is -0.383 e. The molecule has 0 radical (unpaired) electrons. The maximum Gasteiger partial charge on any atom is 0.262 e. The summed E-state index contributed by atoms with van der Waals surface area (Å²) in [4.78, 5) is 19.5. The molecule has 23 heavy (non-hydrogen) atoms. The molecule has 120 valence electrons. The fraction of sp³-hybridized carbons (Fsp3) is 0.333. The Bertz CT molecular complexity index is 853. The number of thiophene rings is 1. The van der Waals surface area contributed by atoms with Gasteiger partial charge in [0.2, 0.25) is 0 Å². The van der Waals surface area contributed by atoms with E-state index in [9.17, 15) is 4.79 Å². The second-order valence-corrected chi connectivity index (χ2v) is 6.45. The molecule has 0 unspecified atom stereocenters. The Morgan fingerprint density at radius 1 is 1.26 bits per heavy atom. The number of hydrogen-bond acceptors (Lipinski definition) is 4. The minimum absolute atomic E-state index is 0.0360. The number of aromatic nitrogens is 2. The van der Waals surface area contributed by atoms with Gasteiger partial charge in [-0.05, 0) is 18.1 Å². The lowest BCUT2D eigenvalue weighted by molar-refractivity contribution is 0.185. The second-order valence-electron chi connectivity index (χ2n) is 5.42. The summed E-state index contributed by atoms with van der Waals surface area (Å²) in [6, 6.07) is 12.1. The number of nitrogens with zero attached hydrogens (tertiary/aromatic N) is 2. The lowest BCUT2D eigenvalue weighted by Gasteiger charge is -2.10. The molecule has 0 spiro atoms. The number of hydrogen-bond donors (Lipinski definition) is 0. The van der Waals surface area contributed by atoms with Crippen LogP contribution in [0.3, 0.4) is 0 Å². The third kappa shape index (κ3) is 3.21. The van der Waals surface area contributed by atoms with Crippen molar-refractivity contribution in [3.63, 3.8) is 0 Å². The highest BCUT2D eigenvalue weighted by molar-refractivity contribution is 7.21. The molecule has 2 heterocycles. The van der Waals surface area contributed by atoms with E-state index in [1.165, 1.54) is 0 Å². The van der Waals surface area contributed by atoms with E-state index >= 15 is 0 Å². The average Bonchev–Trinajstić information content (AvgIpc) is 3.00. The third-order valence-electron chi connectivity index (χ3n) is 3.78. The summed E-state index contributed by atoms with van der Waals surface area (Å²) in [7, 11) is 1.65. The molecular formula is C18H20N2O2S. The fourth-order valence-electron chi connectivity index (χ4n) is 2.63. The Morgan fingerprint density at radius 3 is 2.74 bits per heavy atom. The van der Waals surface area contributed by atoms with Crippen molar-refractivity contribution in [3.8, 4) is 10.4 Å². The largest absolute Gasteiger partial charge is 0.383 e. The Hall–Kier alpha value is -1.98. The van der Waals surface area contributed by atoms with Gasteiger partial charge in [0.1, 0.15) is 10.7 Å². The summed E-state index contributed by atoms with van der Waals surface area (Å²) < 4.78 is 6.90. The standard InChI is InChI=1S/C18H20N2O2S/c1-3-7-16-19-17-14(18(21)20(16)10-11-22-2)12-15(23-17)13-8-5-4-6-9-13/h4-6,8-9,12H,3,7,10-11H2,1-2H3. The molecule has 4 nitrogen and oxygen atoms in total. The molecule has 0 amide bonds. The van der Waals surface area contributed by atoms with Crippen molar-refractivity contribution in [2.45, 2.75) is 26.3 Å². The number of ether oxygens (including phenoxy) is 1. The van der Waals surface area contributed by atoms with Crippen molar-refractivity contribution in [2.24, 2.45) is 0 Å². The molecule has 0 atom stereocenters. The SMILES string of the molecule is CCCc1nc2sc(-c3ccccc3)cc2c(=O)n1CCOC. The van der Waals surface area contributed by atoms with Crippen molar-refractivity contribution in [1.82, 2.24) is 9.55 Å². The first-order chi connectivity index (χ1) is 11.2. The first kappa shape index (κ1) is 15.9. The van der Waals surface area contributed by atoms with E-state index in [0.717, 1.165) is 33.9 Å². The summed E-state index contributed by atoms with van der Waals surface area (Å²) in [5.41, 5.74) is 1.16. The molecular weight excluding hydrogens is 308 g/mol. The van der Waals surface area contributed by atoms with Gasteiger partial charge in [-0.1, -0.05) is 37.3 Å². The fourth-order valence-corrected chi connectivity index (χ4v) is 3.68. The van der Waals surface area contributed by atoms with Crippen molar-refractivity contribution in [3.05, 3.63) is 52.6 Å². The molecule has 3 aromatic rings. The number of benzene rings is 1. The predicted molar refractivity (Wildman–Crippen MR) is 95.2 cm³/mol. The Balaban J connectivity index is 2.14. The Labute approximate surface area is 139 Å². The highest BCUT2D eigenvalue weighted by Gasteiger charge is 2.14. The summed E-state index contributed by atoms with van der Waals surface area (Å²) in [6.45, 7) is 3.16. The van der Waals surface area contributed by atoms with Crippen molar-refractivity contribution in [1.29, 1.82) is 0 Å². The van der Waals surface area contributed by atoms with Crippen LogP contribution in [0, 0.1) is 0 Å². The monoisotopic (exact) mass is 328 g/mol. The van der Waals surface area contributed by atoms with Crippen LogP contribution in [0.1, 0.15) is 19.2 Å². The molecule has 0 saturated carbocycles. The predicted octanol–water partition coefficient (Wildman–Crippen LogP) is 3.72. The lowest BCUT2D eigenvalue weighted by Crippen LogP contribution is -2.26. The number of methoxy groups -OCH3 is 1. The number of rotatable bonds is 6. The number of aryl methyl sites for hydroxylation is 1. The zero-order valence-electron chi connectivity index (χ0n) is 13.4. The zero-order chi connectivity index (χ0) is 16.2. The Morgan fingerprint density at radius 2 is 2.04 bits per heavy atom. The summed E-state index contributed by atoms with van der Waals surface area (Å²) in [5, 5.41) is 0.699. The molecule has 5 heteroatoms. The summed E-state index contributed by atoms with van der Waals surface area (Å²) in [6.07, 6.45) is 1.76. The smallest absolute Gasteiger partial charge is 0.262 e. The van der Waals surface area contributed by atoms with Crippen LogP contribution in [0.25, 0.3) is 20.7 Å². The molecule has 0 aliphatic carbocycles. The van der Waals surface area contributed by atoms with E-state index < -0.39 is 0 Å². The molecule has 0 N–H and O–H groups in total. The van der Waals surface area contributed by atoms with Crippen LogP contribution in [0.5, 0.6) is 0 Å². The van der Waals surface area contributed by atoms with Gasteiger partial charge in [0, 0.05) is 18.4 Å². The molecule has 0 fully saturated rings.